The smallest absolute Gasteiger partial charge is 0.0739 e. The fourth-order valence-electron chi connectivity index (χ4n) is 2.63. The molecule has 0 aromatic heterocycles. The van der Waals surface area contributed by atoms with Gasteiger partial charge >= 0.3 is 0 Å². The summed E-state index contributed by atoms with van der Waals surface area (Å²) >= 11 is 0. The zero-order valence-corrected chi connectivity index (χ0v) is 11.6. The Labute approximate surface area is 111 Å². The van der Waals surface area contributed by atoms with Gasteiger partial charge in [-0.15, -0.1) is 0 Å². The van der Waals surface area contributed by atoms with E-state index in [1.54, 1.807) is 0 Å². The molecule has 1 saturated carbocycles. The molecule has 2 heteroatoms. The third kappa shape index (κ3) is 3.56. The maximum absolute atomic E-state index is 6.25. The molecule has 2 nitrogen and oxygen atoms in total. The Morgan fingerprint density at radius 3 is 2.44 bits per heavy atom. The highest BCUT2D eigenvalue weighted by Crippen LogP contribution is 2.26. The predicted octanol–water partition coefficient (Wildman–Crippen LogP) is 3.59. The summed E-state index contributed by atoms with van der Waals surface area (Å²) < 4.78 is 5.95. The van der Waals surface area contributed by atoms with E-state index in [0.29, 0.717) is 0 Å². The molecule has 2 N–H and O–H groups in total. The van der Waals surface area contributed by atoms with Crippen molar-refractivity contribution in [3.05, 3.63) is 35.4 Å². The van der Waals surface area contributed by atoms with E-state index in [4.69, 9.17) is 10.5 Å². The van der Waals surface area contributed by atoms with Gasteiger partial charge in [0.25, 0.3) is 0 Å². The largest absolute Gasteiger partial charge is 0.376 e. The van der Waals surface area contributed by atoms with Gasteiger partial charge in [-0.2, -0.15) is 0 Å². The summed E-state index contributed by atoms with van der Waals surface area (Å²) in [5.41, 5.74) is 8.68. The lowest BCUT2D eigenvalue weighted by molar-refractivity contribution is 0.0259. The standard InChI is InChI=1S/C16H25NO/c1-12-7-9-15(10-8-12)16(17)13(2)18-11-14-5-3-4-6-14/h7-10,13-14,16H,3-6,11,17H2,1-2H3. The van der Waals surface area contributed by atoms with Crippen LogP contribution in [0.1, 0.15) is 49.8 Å². The first-order chi connectivity index (χ1) is 8.66. The summed E-state index contributed by atoms with van der Waals surface area (Å²) in [7, 11) is 0. The average molecular weight is 247 g/mol. The topological polar surface area (TPSA) is 35.2 Å². The Balaban J connectivity index is 1.83. The van der Waals surface area contributed by atoms with E-state index in [1.807, 2.05) is 0 Å². The molecule has 2 unspecified atom stereocenters. The van der Waals surface area contributed by atoms with Crippen LogP contribution in [0.15, 0.2) is 24.3 Å². The average Bonchev–Trinajstić information content (AvgIpc) is 2.89. The molecule has 1 aromatic rings. The summed E-state index contributed by atoms with van der Waals surface area (Å²) in [5.74, 6) is 0.762. The van der Waals surface area contributed by atoms with E-state index in [0.717, 1.165) is 12.5 Å². The van der Waals surface area contributed by atoms with Crippen molar-refractivity contribution < 1.29 is 4.74 Å². The molecule has 2 atom stereocenters. The Kier molecular flexibility index (Phi) is 4.79. The van der Waals surface area contributed by atoms with Crippen LogP contribution in [-0.2, 0) is 4.74 Å². The van der Waals surface area contributed by atoms with Gasteiger partial charge in [-0.25, -0.2) is 0 Å². The summed E-state index contributed by atoms with van der Waals surface area (Å²) in [6.07, 6.45) is 5.48. The molecule has 1 aromatic carbocycles. The lowest BCUT2D eigenvalue weighted by Gasteiger charge is -2.22. The van der Waals surface area contributed by atoms with Crippen LogP contribution in [0.4, 0.5) is 0 Å². The molecule has 0 radical (unpaired) electrons. The minimum Gasteiger partial charge on any atom is -0.376 e. The molecule has 1 aliphatic carbocycles. The van der Waals surface area contributed by atoms with E-state index in [-0.39, 0.29) is 12.1 Å². The zero-order valence-electron chi connectivity index (χ0n) is 11.6. The highest BCUT2D eigenvalue weighted by molar-refractivity contribution is 5.24. The number of hydrogen-bond donors (Lipinski definition) is 1. The van der Waals surface area contributed by atoms with E-state index in [9.17, 15) is 0 Å². The van der Waals surface area contributed by atoms with Crippen molar-refractivity contribution in [3.63, 3.8) is 0 Å². The highest BCUT2D eigenvalue weighted by atomic mass is 16.5. The van der Waals surface area contributed by atoms with Crippen molar-refractivity contribution in [2.75, 3.05) is 6.61 Å². The van der Waals surface area contributed by atoms with Gasteiger partial charge in [0.2, 0.25) is 0 Å². The predicted molar refractivity (Wildman–Crippen MR) is 75.5 cm³/mol. The van der Waals surface area contributed by atoms with Gasteiger partial charge in [0.05, 0.1) is 12.1 Å². The molecule has 1 fully saturated rings. The van der Waals surface area contributed by atoms with Crippen LogP contribution in [0, 0.1) is 12.8 Å². The molecule has 1 aliphatic rings. The molecule has 0 aliphatic heterocycles. The monoisotopic (exact) mass is 247 g/mol. The van der Waals surface area contributed by atoms with Crippen molar-refractivity contribution in [2.45, 2.75) is 51.7 Å². The van der Waals surface area contributed by atoms with Gasteiger partial charge in [0, 0.05) is 6.61 Å². The highest BCUT2D eigenvalue weighted by Gasteiger charge is 2.19. The molecular weight excluding hydrogens is 222 g/mol. The number of benzene rings is 1. The lowest BCUT2D eigenvalue weighted by Crippen LogP contribution is -2.27. The zero-order chi connectivity index (χ0) is 13.0. The fraction of sp³-hybridized carbons (Fsp3) is 0.625. The number of hydrogen-bond acceptors (Lipinski definition) is 2. The van der Waals surface area contributed by atoms with Crippen molar-refractivity contribution in [1.29, 1.82) is 0 Å². The third-order valence-electron chi connectivity index (χ3n) is 4.04. The Morgan fingerprint density at radius 1 is 1.22 bits per heavy atom. The van der Waals surface area contributed by atoms with Crippen LogP contribution < -0.4 is 5.73 Å². The number of ether oxygens (including phenoxy) is 1. The first-order valence-corrected chi connectivity index (χ1v) is 7.10. The van der Waals surface area contributed by atoms with Gasteiger partial charge in [0.1, 0.15) is 0 Å². The van der Waals surface area contributed by atoms with Gasteiger partial charge in [-0.05, 0) is 38.2 Å². The minimum absolute atomic E-state index is 0.0213. The normalized spacial score (nSPS) is 19.9. The number of nitrogens with two attached hydrogens (primary N) is 1. The molecule has 18 heavy (non-hydrogen) atoms. The van der Waals surface area contributed by atoms with Crippen molar-refractivity contribution in [1.82, 2.24) is 0 Å². The van der Waals surface area contributed by atoms with Crippen LogP contribution in [0.3, 0.4) is 0 Å². The molecule has 100 valence electrons. The van der Waals surface area contributed by atoms with Crippen LogP contribution in [-0.4, -0.2) is 12.7 Å². The maximum atomic E-state index is 6.25. The molecule has 0 spiro atoms. The van der Waals surface area contributed by atoms with Gasteiger partial charge in [-0.1, -0.05) is 42.7 Å². The Hall–Kier alpha value is -0.860. The van der Waals surface area contributed by atoms with Crippen molar-refractivity contribution >= 4 is 0 Å². The van der Waals surface area contributed by atoms with E-state index in [2.05, 4.69) is 38.1 Å². The van der Waals surface area contributed by atoms with Gasteiger partial charge in [0.15, 0.2) is 0 Å². The lowest BCUT2D eigenvalue weighted by atomic mass is 10.0. The quantitative estimate of drug-likeness (QED) is 0.863. The number of aryl methyl sites for hydroxylation is 1. The molecule has 0 saturated heterocycles. The summed E-state index contributed by atoms with van der Waals surface area (Å²) in [5, 5.41) is 0. The fourth-order valence-corrected chi connectivity index (χ4v) is 2.63. The Morgan fingerprint density at radius 2 is 1.83 bits per heavy atom. The summed E-state index contributed by atoms with van der Waals surface area (Å²) in [6, 6.07) is 8.41. The van der Waals surface area contributed by atoms with Crippen molar-refractivity contribution in [2.24, 2.45) is 11.7 Å². The van der Waals surface area contributed by atoms with Crippen LogP contribution in [0.5, 0.6) is 0 Å². The first kappa shape index (κ1) is 13.6. The van der Waals surface area contributed by atoms with Crippen LogP contribution in [0.2, 0.25) is 0 Å². The van der Waals surface area contributed by atoms with E-state index in [1.165, 1.54) is 36.8 Å². The third-order valence-corrected chi connectivity index (χ3v) is 4.04. The first-order valence-electron chi connectivity index (χ1n) is 7.10. The molecule has 2 rings (SSSR count). The van der Waals surface area contributed by atoms with Crippen molar-refractivity contribution in [3.8, 4) is 0 Å². The maximum Gasteiger partial charge on any atom is 0.0739 e. The molecule has 0 bridgehead atoms. The Bertz CT molecular complexity index is 354. The number of rotatable bonds is 5. The SMILES string of the molecule is Cc1ccc(C(N)C(C)OCC2CCCC2)cc1. The minimum atomic E-state index is -0.0213. The molecular formula is C16H25NO. The molecule has 0 heterocycles. The second kappa shape index (κ2) is 6.35. The van der Waals surface area contributed by atoms with Crippen LogP contribution in [0.25, 0.3) is 0 Å². The molecule has 0 amide bonds. The summed E-state index contributed by atoms with van der Waals surface area (Å²) in [4.78, 5) is 0. The second-order valence-electron chi connectivity index (χ2n) is 5.63. The summed E-state index contributed by atoms with van der Waals surface area (Å²) in [6.45, 7) is 5.05. The second-order valence-corrected chi connectivity index (χ2v) is 5.63. The van der Waals surface area contributed by atoms with Crippen LogP contribution >= 0.6 is 0 Å². The van der Waals surface area contributed by atoms with E-state index >= 15 is 0 Å². The van der Waals surface area contributed by atoms with Gasteiger partial charge < -0.3 is 10.5 Å². The van der Waals surface area contributed by atoms with Gasteiger partial charge in [-0.3, -0.25) is 0 Å². The van der Waals surface area contributed by atoms with E-state index < -0.39 is 0 Å².